The van der Waals surface area contributed by atoms with Crippen molar-refractivity contribution in [3.63, 3.8) is 0 Å². The maximum atomic E-state index is 10.7. The molecule has 0 radical (unpaired) electrons. The van der Waals surface area contributed by atoms with Crippen molar-refractivity contribution in [2.75, 3.05) is 26.3 Å². The lowest BCUT2D eigenvalue weighted by atomic mass is 9.92. The van der Waals surface area contributed by atoms with Crippen LogP contribution in [0.1, 0.15) is 38.5 Å². The first-order valence-corrected chi connectivity index (χ1v) is 6.79. The Bertz CT molecular complexity index is 241. The highest BCUT2D eigenvalue weighted by Crippen LogP contribution is 2.25. The minimum atomic E-state index is -0.647. The van der Waals surface area contributed by atoms with Crippen LogP contribution in [0.2, 0.25) is 0 Å². The molecule has 98 valence electrons. The summed E-state index contributed by atoms with van der Waals surface area (Å²) < 4.78 is 5.48. The van der Waals surface area contributed by atoms with Gasteiger partial charge in [-0.05, 0) is 51.1 Å². The summed E-state index contributed by atoms with van der Waals surface area (Å²) in [5.74, 6) is -0.253. The summed E-state index contributed by atoms with van der Waals surface area (Å²) >= 11 is 0. The second kappa shape index (κ2) is 6.36. The molecule has 0 aliphatic carbocycles. The Morgan fingerprint density at radius 2 is 1.94 bits per heavy atom. The number of nitrogens with zero attached hydrogens (tertiary/aromatic N) is 1. The number of hydrogen-bond acceptors (Lipinski definition) is 3. The molecule has 4 nitrogen and oxygen atoms in total. The Morgan fingerprint density at radius 3 is 2.65 bits per heavy atom. The van der Waals surface area contributed by atoms with Gasteiger partial charge in [0.2, 0.25) is 0 Å². The monoisotopic (exact) mass is 241 g/mol. The summed E-state index contributed by atoms with van der Waals surface area (Å²) in [6.07, 6.45) is 5.99. The van der Waals surface area contributed by atoms with E-state index in [2.05, 4.69) is 4.90 Å². The average molecular weight is 241 g/mol. The number of ether oxygens (including phenoxy) is 1. The molecular weight excluding hydrogens is 218 g/mol. The van der Waals surface area contributed by atoms with Gasteiger partial charge in [0.1, 0.15) is 0 Å². The predicted molar refractivity (Wildman–Crippen MR) is 65.0 cm³/mol. The number of likely N-dealkylation sites (tertiary alicyclic amines) is 1. The maximum absolute atomic E-state index is 10.7. The zero-order valence-electron chi connectivity index (χ0n) is 10.4. The molecule has 0 aromatic carbocycles. The van der Waals surface area contributed by atoms with Crippen LogP contribution in [0.15, 0.2) is 0 Å². The van der Waals surface area contributed by atoms with Gasteiger partial charge in [-0.15, -0.1) is 0 Å². The highest BCUT2D eigenvalue weighted by atomic mass is 16.5. The van der Waals surface area contributed by atoms with Crippen LogP contribution in [-0.4, -0.2) is 48.3 Å². The smallest absolute Gasteiger partial charge is 0.303 e. The zero-order valence-corrected chi connectivity index (χ0v) is 10.4. The summed E-state index contributed by atoms with van der Waals surface area (Å²) in [5, 5.41) is 8.79. The van der Waals surface area contributed by atoms with E-state index in [1.54, 1.807) is 0 Å². The van der Waals surface area contributed by atoms with E-state index in [4.69, 9.17) is 9.84 Å². The largest absolute Gasteiger partial charge is 0.481 e. The SMILES string of the molecule is O=C(O)CC1CCN(C2CCCOCC2)CC1. The molecule has 0 bridgehead atoms. The Labute approximate surface area is 103 Å². The lowest BCUT2D eigenvalue weighted by molar-refractivity contribution is -0.138. The fourth-order valence-electron chi connectivity index (χ4n) is 3.02. The fraction of sp³-hybridized carbons (Fsp3) is 0.923. The molecule has 2 heterocycles. The first kappa shape index (κ1) is 12.8. The number of hydrogen-bond donors (Lipinski definition) is 1. The lowest BCUT2D eigenvalue weighted by Gasteiger charge is -2.36. The molecule has 2 saturated heterocycles. The van der Waals surface area contributed by atoms with Crippen LogP contribution in [-0.2, 0) is 9.53 Å². The van der Waals surface area contributed by atoms with Gasteiger partial charge in [-0.3, -0.25) is 4.79 Å². The second-order valence-electron chi connectivity index (χ2n) is 5.27. The van der Waals surface area contributed by atoms with Gasteiger partial charge in [-0.25, -0.2) is 0 Å². The number of carboxylic acids is 1. The minimum absolute atomic E-state index is 0.349. The van der Waals surface area contributed by atoms with Gasteiger partial charge in [0, 0.05) is 25.7 Å². The summed E-state index contributed by atoms with van der Waals surface area (Å²) in [4.78, 5) is 13.2. The maximum Gasteiger partial charge on any atom is 0.303 e. The van der Waals surface area contributed by atoms with Gasteiger partial charge in [0.25, 0.3) is 0 Å². The average Bonchev–Trinajstić information content (AvgIpc) is 2.58. The molecule has 1 atom stereocenters. The van der Waals surface area contributed by atoms with Crippen LogP contribution in [0, 0.1) is 5.92 Å². The number of aliphatic carboxylic acids is 1. The quantitative estimate of drug-likeness (QED) is 0.817. The topological polar surface area (TPSA) is 49.8 Å². The van der Waals surface area contributed by atoms with Crippen molar-refractivity contribution in [3.8, 4) is 0 Å². The molecule has 1 N–H and O–H groups in total. The third-order valence-electron chi connectivity index (χ3n) is 4.05. The van der Waals surface area contributed by atoms with Crippen molar-refractivity contribution in [2.24, 2.45) is 5.92 Å². The molecule has 0 amide bonds. The highest BCUT2D eigenvalue weighted by molar-refractivity contribution is 5.67. The van der Waals surface area contributed by atoms with E-state index in [9.17, 15) is 4.79 Å². The normalized spacial score (nSPS) is 28.8. The highest BCUT2D eigenvalue weighted by Gasteiger charge is 2.26. The van der Waals surface area contributed by atoms with E-state index in [1.165, 1.54) is 12.8 Å². The van der Waals surface area contributed by atoms with Crippen molar-refractivity contribution >= 4 is 5.97 Å². The molecule has 17 heavy (non-hydrogen) atoms. The first-order chi connectivity index (χ1) is 8.25. The van der Waals surface area contributed by atoms with Crippen LogP contribution in [0.3, 0.4) is 0 Å². The minimum Gasteiger partial charge on any atom is -0.481 e. The summed E-state index contributed by atoms with van der Waals surface area (Å²) in [6, 6.07) is 0.670. The number of rotatable bonds is 3. The Balaban J connectivity index is 1.75. The molecule has 4 heteroatoms. The summed E-state index contributed by atoms with van der Waals surface area (Å²) in [6.45, 7) is 3.94. The van der Waals surface area contributed by atoms with E-state index < -0.39 is 5.97 Å². The molecule has 0 saturated carbocycles. The molecular formula is C13H23NO3. The van der Waals surface area contributed by atoms with Crippen LogP contribution in [0.4, 0.5) is 0 Å². The van der Waals surface area contributed by atoms with Crippen LogP contribution < -0.4 is 0 Å². The van der Waals surface area contributed by atoms with Crippen molar-refractivity contribution in [2.45, 2.75) is 44.6 Å². The number of piperidine rings is 1. The van der Waals surface area contributed by atoms with Crippen LogP contribution in [0.5, 0.6) is 0 Å². The van der Waals surface area contributed by atoms with Crippen molar-refractivity contribution in [3.05, 3.63) is 0 Å². The lowest BCUT2D eigenvalue weighted by Crippen LogP contribution is -2.41. The van der Waals surface area contributed by atoms with Gasteiger partial charge < -0.3 is 14.7 Å². The summed E-state index contributed by atoms with van der Waals surface area (Å²) in [5.41, 5.74) is 0. The van der Waals surface area contributed by atoms with Crippen molar-refractivity contribution < 1.29 is 14.6 Å². The van der Waals surface area contributed by atoms with Crippen molar-refractivity contribution in [1.82, 2.24) is 4.90 Å². The number of carboxylic acid groups (broad SMARTS) is 1. The molecule has 2 rings (SSSR count). The van der Waals surface area contributed by atoms with Gasteiger partial charge in [-0.2, -0.15) is 0 Å². The summed E-state index contributed by atoms with van der Waals surface area (Å²) in [7, 11) is 0. The van der Waals surface area contributed by atoms with E-state index in [0.717, 1.165) is 45.6 Å². The van der Waals surface area contributed by atoms with Crippen LogP contribution >= 0.6 is 0 Å². The zero-order chi connectivity index (χ0) is 12.1. The van der Waals surface area contributed by atoms with E-state index in [0.29, 0.717) is 18.4 Å². The standard InChI is InChI=1S/C13H23NO3/c15-13(16)10-11-3-6-14(7-4-11)12-2-1-8-17-9-5-12/h11-12H,1-10H2,(H,15,16). The third kappa shape index (κ3) is 3.96. The molecule has 1 unspecified atom stereocenters. The van der Waals surface area contributed by atoms with E-state index in [1.807, 2.05) is 0 Å². The molecule has 2 aliphatic rings. The Hall–Kier alpha value is -0.610. The molecule has 0 aromatic heterocycles. The van der Waals surface area contributed by atoms with Gasteiger partial charge >= 0.3 is 5.97 Å². The van der Waals surface area contributed by atoms with Gasteiger partial charge in [0.15, 0.2) is 0 Å². The third-order valence-corrected chi connectivity index (χ3v) is 4.05. The number of carbonyl (C=O) groups is 1. The van der Waals surface area contributed by atoms with E-state index >= 15 is 0 Å². The van der Waals surface area contributed by atoms with Crippen molar-refractivity contribution in [1.29, 1.82) is 0 Å². The van der Waals surface area contributed by atoms with E-state index in [-0.39, 0.29) is 0 Å². The predicted octanol–water partition coefficient (Wildman–Crippen LogP) is 1.74. The van der Waals surface area contributed by atoms with Crippen LogP contribution in [0.25, 0.3) is 0 Å². The molecule has 2 fully saturated rings. The second-order valence-corrected chi connectivity index (χ2v) is 5.27. The Morgan fingerprint density at radius 1 is 1.18 bits per heavy atom. The molecule has 0 aromatic rings. The molecule has 0 spiro atoms. The van der Waals surface area contributed by atoms with Gasteiger partial charge in [-0.1, -0.05) is 0 Å². The fourth-order valence-corrected chi connectivity index (χ4v) is 3.02. The Kier molecular flexibility index (Phi) is 4.80. The first-order valence-electron chi connectivity index (χ1n) is 6.79. The molecule has 2 aliphatic heterocycles. The van der Waals surface area contributed by atoms with Gasteiger partial charge in [0.05, 0.1) is 0 Å².